The molecule has 166 valence electrons. The van der Waals surface area contributed by atoms with Crippen LogP contribution in [0.15, 0.2) is 44.7 Å². The first kappa shape index (κ1) is 23.9. The van der Waals surface area contributed by atoms with Crippen molar-refractivity contribution in [1.82, 2.24) is 15.8 Å². The van der Waals surface area contributed by atoms with E-state index in [9.17, 15) is 8.42 Å². The summed E-state index contributed by atoms with van der Waals surface area (Å²) >= 11 is 0. The highest BCUT2D eigenvalue weighted by Crippen LogP contribution is 2.23. The van der Waals surface area contributed by atoms with Crippen molar-refractivity contribution >= 4 is 15.8 Å². The van der Waals surface area contributed by atoms with Gasteiger partial charge in [-0.2, -0.15) is 0 Å². The lowest BCUT2D eigenvalue weighted by atomic mass is 9.87. The predicted molar refractivity (Wildman–Crippen MR) is 121 cm³/mol. The fourth-order valence-corrected chi connectivity index (χ4v) is 3.92. The first-order chi connectivity index (χ1) is 14.0. The number of hydrogen-bond acceptors (Lipinski definition) is 5. The predicted octanol–water partition coefficient (Wildman–Crippen LogP) is 3.62. The molecule has 0 unspecified atom stereocenters. The Bertz CT molecular complexity index is 940. The Morgan fingerprint density at radius 3 is 2.37 bits per heavy atom. The number of aromatic nitrogens is 1. The normalized spacial score (nSPS) is 13.0. The zero-order valence-electron chi connectivity index (χ0n) is 18.8. The summed E-state index contributed by atoms with van der Waals surface area (Å²) in [6, 6.07) is 9.03. The molecule has 2 rings (SSSR count). The van der Waals surface area contributed by atoms with Crippen LogP contribution in [0.3, 0.4) is 0 Å². The van der Waals surface area contributed by atoms with Gasteiger partial charge in [-0.25, -0.2) is 13.4 Å². The molecule has 0 aliphatic carbocycles. The Hall–Kier alpha value is -2.35. The molecule has 0 saturated heterocycles. The maximum atomic E-state index is 12.7. The van der Waals surface area contributed by atoms with E-state index in [1.807, 2.05) is 39.0 Å². The summed E-state index contributed by atoms with van der Waals surface area (Å²) in [5.74, 6) is 1.48. The number of benzene rings is 1. The zero-order valence-corrected chi connectivity index (χ0v) is 19.6. The maximum absolute atomic E-state index is 12.7. The first-order valence-corrected chi connectivity index (χ1v) is 12.0. The quantitative estimate of drug-likeness (QED) is 0.486. The molecule has 2 aromatic rings. The van der Waals surface area contributed by atoms with Crippen molar-refractivity contribution in [3.8, 4) is 0 Å². The SMILES string of the molecule is CCNC(=NCc1cc(C(C)C)no1)NCCS(=O)(=O)c1ccc(C(C)(C)C)cc1. The number of sulfone groups is 1. The van der Waals surface area contributed by atoms with Crippen LogP contribution in [0, 0.1) is 0 Å². The van der Waals surface area contributed by atoms with E-state index >= 15 is 0 Å². The van der Waals surface area contributed by atoms with Crippen LogP contribution in [-0.4, -0.2) is 38.4 Å². The van der Waals surface area contributed by atoms with Gasteiger partial charge in [-0.05, 0) is 36.0 Å². The fourth-order valence-electron chi connectivity index (χ4n) is 2.76. The van der Waals surface area contributed by atoms with Gasteiger partial charge < -0.3 is 15.2 Å². The van der Waals surface area contributed by atoms with Gasteiger partial charge >= 0.3 is 0 Å². The first-order valence-electron chi connectivity index (χ1n) is 10.3. The van der Waals surface area contributed by atoms with Crippen LogP contribution >= 0.6 is 0 Å². The molecule has 0 aliphatic rings. The second kappa shape index (κ2) is 10.1. The van der Waals surface area contributed by atoms with E-state index in [2.05, 4.69) is 41.6 Å². The molecule has 30 heavy (non-hydrogen) atoms. The van der Waals surface area contributed by atoms with Gasteiger partial charge in [0.1, 0.15) is 6.54 Å². The lowest BCUT2D eigenvalue weighted by Gasteiger charge is -2.19. The van der Waals surface area contributed by atoms with Crippen LogP contribution < -0.4 is 10.6 Å². The monoisotopic (exact) mass is 434 g/mol. The van der Waals surface area contributed by atoms with E-state index in [0.717, 1.165) is 11.3 Å². The molecular weight excluding hydrogens is 400 g/mol. The molecule has 0 bridgehead atoms. The third kappa shape index (κ3) is 6.86. The van der Waals surface area contributed by atoms with Crippen LogP contribution in [0.25, 0.3) is 0 Å². The Morgan fingerprint density at radius 2 is 1.83 bits per heavy atom. The van der Waals surface area contributed by atoms with Gasteiger partial charge in [0.05, 0.1) is 16.3 Å². The van der Waals surface area contributed by atoms with Crippen LogP contribution in [0.5, 0.6) is 0 Å². The van der Waals surface area contributed by atoms with E-state index in [1.165, 1.54) is 0 Å². The standard InChI is InChI=1S/C22H34N4O3S/c1-7-23-21(25-15-18-14-20(16(2)3)26-29-18)24-12-13-30(27,28)19-10-8-17(9-11-19)22(4,5)6/h8-11,14,16H,7,12-13,15H2,1-6H3,(H2,23,24,25). The van der Waals surface area contributed by atoms with Gasteiger partial charge in [0.2, 0.25) is 0 Å². The minimum Gasteiger partial charge on any atom is -0.359 e. The second-order valence-electron chi connectivity index (χ2n) is 8.59. The fraction of sp³-hybridized carbons (Fsp3) is 0.545. The van der Waals surface area contributed by atoms with E-state index in [1.54, 1.807) is 12.1 Å². The minimum absolute atomic E-state index is 0.0134. The number of nitrogens with zero attached hydrogens (tertiary/aromatic N) is 2. The number of nitrogens with one attached hydrogen (secondary N) is 2. The summed E-state index contributed by atoms with van der Waals surface area (Å²) in [5.41, 5.74) is 1.98. The van der Waals surface area contributed by atoms with Crippen molar-refractivity contribution in [3.05, 3.63) is 47.3 Å². The van der Waals surface area contributed by atoms with Gasteiger partial charge in [0.15, 0.2) is 21.6 Å². The Morgan fingerprint density at radius 1 is 1.17 bits per heavy atom. The molecule has 0 amide bonds. The molecule has 1 aromatic carbocycles. The summed E-state index contributed by atoms with van der Waals surface area (Å²) in [4.78, 5) is 4.79. The number of hydrogen-bond donors (Lipinski definition) is 2. The molecule has 0 saturated carbocycles. The molecule has 2 N–H and O–H groups in total. The van der Waals surface area contributed by atoms with Crippen molar-refractivity contribution in [3.63, 3.8) is 0 Å². The van der Waals surface area contributed by atoms with Gasteiger partial charge in [-0.15, -0.1) is 0 Å². The largest absolute Gasteiger partial charge is 0.359 e. The van der Waals surface area contributed by atoms with Crippen molar-refractivity contribution < 1.29 is 12.9 Å². The third-order valence-electron chi connectivity index (χ3n) is 4.65. The summed E-state index contributed by atoms with van der Waals surface area (Å²) < 4.78 is 30.6. The lowest BCUT2D eigenvalue weighted by molar-refractivity contribution is 0.376. The Balaban J connectivity index is 1.96. The van der Waals surface area contributed by atoms with E-state index in [0.29, 0.717) is 35.6 Å². The highest BCUT2D eigenvalue weighted by atomic mass is 32.2. The molecule has 1 aromatic heterocycles. The highest BCUT2D eigenvalue weighted by molar-refractivity contribution is 7.91. The summed E-state index contributed by atoms with van der Waals surface area (Å²) in [7, 11) is -3.38. The Kier molecular flexibility index (Phi) is 8.06. The minimum atomic E-state index is -3.38. The molecule has 0 atom stereocenters. The number of rotatable bonds is 8. The van der Waals surface area contributed by atoms with Crippen molar-refractivity contribution in [2.45, 2.75) is 64.3 Å². The smallest absolute Gasteiger partial charge is 0.191 e. The van der Waals surface area contributed by atoms with Crippen molar-refractivity contribution in [2.24, 2.45) is 4.99 Å². The van der Waals surface area contributed by atoms with Crippen LogP contribution in [-0.2, 0) is 21.8 Å². The van der Waals surface area contributed by atoms with Gasteiger partial charge in [-0.1, -0.05) is 51.9 Å². The molecule has 7 nitrogen and oxygen atoms in total. The van der Waals surface area contributed by atoms with Crippen molar-refractivity contribution in [1.29, 1.82) is 0 Å². The zero-order chi connectivity index (χ0) is 22.4. The molecule has 8 heteroatoms. The van der Waals surface area contributed by atoms with Crippen molar-refractivity contribution in [2.75, 3.05) is 18.8 Å². The molecular formula is C22H34N4O3S. The summed E-state index contributed by atoms with van der Waals surface area (Å²) in [6.07, 6.45) is 0. The maximum Gasteiger partial charge on any atom is 0.191 e. The molecule has 1 heterocycles. The van der Waals surface area contributed by atoms with Crippen LogP contribution in [0.1, 0.15) is 64.5 Å². The Labute approximate surface area is 180 Å². The van der Waals surface area contributed by atoms with E-state index < -0.39 is 9.84 Å². The molecule has 0 fully saturated rings. The van der Waals surface area contributed by atoms with E-state index in [4.69, 9.17) is 4.52 Å². The summed E-state index contributed by atoms with van der Waals surface area (Å²) in [5, 5.41) is 10.2. The summed E-state index contributed by atoms with van der Waals surface area (Å²) in [6.45, 7) is 13.6. The molecule has 0 radical (unpaired) electrons. The highest BCUT2D eigenvalue weighted by Gasteiger charge is 2.18. The molecule has 0 spiro atoms. The molecule has 0 aliphatic heterocycles. The van der Waals surface area contributed by atoms with Gasteiger partial charge in [-0.3, -0.25) is 0 Å². The number of guanidine groups is 1. The van der Waals surface area contributed by atoms with Crippen LogP contribution in [0.4, 0.5) is 0 Å². The lowest BCUT2D eigenvalue weighted by Crippen LogP contribution is -2.39. The van der Waals surface area contributed by atoms with E-state index in [-0.39, 0.29) is 17.7 Å². The second-order valence-corrected chi connectivity index (χ2v) is 10.7. The van der Waals surface area contributed by atoms with Gasteiger partial charge in [0.25, 0.3) is 0 Å². The topological polar surface area (TPSA) is 96.6 Å². The average Bonchev–Trinajstić information content (AvgIpc) is 3.15. The average molecular weight is 435 g/mol. The third-order valence-corrected chi connectivity index (χ3v) is 6.38. The van der Waals surface area contributed by atoms with Gasteiger partial charge in [0, 0.05) is 19.2 Å². The number of aliphatic imine (C=N–C) groups is 1. The van der Waals surface area contributed by atoms with Crippen LogP contribution in [0.2, 0.25) is 0 Å².